The Hall–Kier alpha value is -3.25. The number of carbonyl (C=O) groups excluding carboxylic acids is 2. The van der Waals surface area contributed by atoms with Crippen LogP contribution in [0.25, 0.3) is 0 Å². The van der Waals surface area contributed by atoms with Crippen LogP contribution in [0.5, 0.6) is 5.75 Å². The number of thioether (sulfide) groups is 1. The molecular weight excluding hydrogens is 456 g/mol. The van der Waals surface area contributed by atoms with Crippen LogP contribution in [0, 0.1) is 5.92 Å². The second-order valence-corrected chi connectivity index (χ2v) is 10.3. The summed E-state index contributed by atoms with van der Waals surface area (Å²) in [5.74, 6) is 1.73. The lowest BCUT2D eigenvalue weighted by Gasteiger charge is -2.25. The number of rotatable bonds is 9. The van der Waals surface area contributed by atoms with Gasteiger partial charge < -0.3 is 15.0 Å². The highest BCUT2D eigenvalue weighted by Crippen LogP contribution is 2.39. The standard InChI is InChI=1S/C29H32N2O3S/c1-20(2)17-26(22-13-15-25(34-3)16-14-22)30-28(33)23-9-11-24(12-10-23)29-31(27(32)19-35-29)18-21-7-5-4-6-8-21/h4-16,20,26,29H,17-19H2,1-3H3,(H,30,33)/t26-,29+/m0/s1. The average Bonchev–Trinajstić information content (AvgIpc) is 3.24. The maximum Gasteiger partial charge on any atom is 0.251 e. The normalized spacial score (nSPS) is 16.4. The Kier molecular flexibility index (Phi) is 8.13. The van der Waals surface area contributed by atoms with E-state index in [0.29, 0.717) is 23.8 Å². The molecule has 4 rings (SSSR count). The average molecular weight is 489 g/mol. The lowest BCUT2D eigenvalue weighted by atomic mass is 9.96. The summed E-state index contributed by atoms with van der Waals surface area (Å²) in [4.78, 5) is 27.6. The van der Waals surface area contributed by atoms with Crippen LogP contribution in [0.3, 0.4) is 0 Å². The first-order chi connectivity index (χ1) is 16.9. The van der Waals surface area contributed by atoms with Crippen molar-refractivity contribution in [3.05, 3.63) is 101 Å². The minimum Gasteiger partial charge on any atom is -0.497 e. The lowest BCUT2D eigenvalue weighted by Crippen LogP contribution is -2.30. The van der Waals surface area contributed by atoms with E-state index in [1.165, 1.54) is 0 Å². The van der Waals surface area contributed by atoms with E-state index in [9.17, 15) is 9.59 Å². The highest BCUT2D eigenvalue weighted by Gasteiger charge is 2.32. The Morgan fingerprint density at radius 2 is 1.71 bits per heavy atom. The summed E-state index contributed by atoms with van der Waals surface area (Å²) < 4.78 is 5.27. The monoisotopic (exact) mass is 488 g/mol. The third-order valence-electron chi connectivity index (χ3n) is 6.15. The third kappa shape index (κ3) is 6.25. The van der Waals surface area contributed by atoms with Gasteiger partial charge in [0, 0.05) is 12.1 Å². The predicted octanol–water partition coefficient (Wildman–Crippen LogP) is 5.99. The molecular formula is C29H32N2O3S. The SMILES string of the molecule is COc1ccc([C@H](CC(C)C)NC(=O)c2ccc([C@H]3SCC(=O)N3Cc3ccccc3)cc2)cc1. The lowest BCUT2D eigenvalue weighted by molar-refractivity contribution is -0.128. The Bertz CT molecular complexity index is 1130. The molecule has 1 saturated heterocycles. The molecule has 1 aliphatic rings. The van der Waals surface area contributed by atoms with Gasteiger partial charge in [0.15, 0.2) is 0 Å². The molecule has 1 N–H and O–H groups in total. The summed E-state index contributed by atoms with van der Waals surface area (Å²) in [5.41, 5.74) is 3.81. The van der Waals surface area contributed by atoms with E-state index in [2.05, 4.69) is 19.2 Å². The zero-order chi connectivity index (χ0) is 24.8. The molecule has 0 saturated carbocycles. The number of amides is 2. The van der Waals surface area contributed by atoms with Crippen LogP contribution in [0.4, 0.5) is 0 Å². The summed E-state index contributed by atoms with van der Waals surface area (Å²) >= 11 is 1.63. The molecule has 6 heteroatoms. The van der Waals surface area contributed by atoms with Crippen molar-refractivity contribution in [3.8, 4) is 5.75 Å². The smallest absolute Gasteiger partial charge is 0.251 e. The first-order valence-electron chi connectivity index (χ1n) is 11.9. The molecule has 0 radical (unpaired) electrons. The molecule has 0 unspecified atom stereocenters. The van der Waals surface area contributed by atoms with E-state index >= 15 is 0 Å². The summed E-state index contributed by atoms with van der Waals surface area (Å²) in [6.45, 7) is 4.89. The number of nitrogens with zero attached hydrogens (tertiary/aromatic N) is 1. The van der Waals surface area contributed by atoms with Gasteiger partial charge in [0.05, 0.1) is 18.9 Å². The summed E-state index contributed by atoms with van der Waals surface area (Å²) in [5, 5.41) is 3.16. The number of methoxy groups -OCH3 is 1. The fraction of sp³-hybridized carbons (Fsp3) is 0.310. The Morgan fingerprint density at radius 1 is 1.03 bits per heavy atom. The first-order valence-corrected chi connectivity index (χ1v) is 13.0. The largest absolute Gasteiger partial charge is 0.497 e. The molecule has 3 aromatic carbocycles. The second-order valence-electron chi connectivity index (χ2n) is 9.22. The quantitative estimate of drug-likeness (QED) is 0.402. The number of carbonyl (C=O) groups is 2. The molecule has 1 fully saturated rings. The second kappa shape index (κ2) is 11.5. The van der Waals surface area contributed by atoms with E-state index in [1.807, 2.05) is 83.8 Å². The minimum atomic E-state index is -0.102. The van der Waals surface area contributed by atoms with Crippen molar-refractivity contribution in [3.63, 3.8) is 0 Å². The molecule has 182 valence electrons. The maximum atomic E-state index is 13.1. The molecule has 0 spiro atoms. The van der Waals surface area contributed by atoms with Crippen LogP contribution >= 0.6 is 11.8 Å². The van der Waals surface area contributed by atoms with Crippen molar-refractivity contribution in [1.82, 2.24) is 10.2 Å². The minimum absolute atomic E-state index is 0.0483. The van der Waals surface area contributed by atoms with Crippen molar-refractivity contribution in [2.45, 2.75) is 38.2 Å². The van der Waals surface area contributed by atoms with Crippen LogP contribution in [0.1, 0.15) is 58.7 Å². The predicted molar refractivity (Wildman–Crippen MR) is 141 cm³/mol. The Balaban J connectivity index is 1.46. The fourth-order valence-corrected chi connectivity index (χ4v) is 5.50. The number of benzene rings is 3. The summed E-state index contributed by atoms with van der Waals surface area (Å²) in [6, 6.07) is 25.4. The molecule has 2 amide bonds. The first kappa shape index (κ1) is 24.9. The van der Waals surface area contributed by atoms with Crippen LogP contribution in [-0.2, 0) is 11.3 Å². The fourth-order valence-electron chi connectivity index (χ4n) is 4.31. The molecule has 1 aliphatic heterocycles. The van der Waals surface area contributed by atoms with E-state index in [-0.39, 0.29) is 23.2 Å². The Morgan fingerprint density at radius 3 is 2.34 bits per heavy atom. The summed E-state index contributed by atoms with van der Waals surface area (Å²) in [7, 11) is 1.65. The van der Waals surface area contributed by atoms with Gasteiger partial charge in [0.2, 0.25) is 5.91 Å². The number of hydrogen-bond donors (Lipinski definition) is 1. The third-order valence-corrected chi connectivity index (χ3v) is 7.41. The molecule has 5 nitrogen and oxygen atoms in total. The molecule has 3 aromatic rings. The van der Waals surface area contributed by atoms with Crippen LogP contribution in [0.2, 0.25) is 0 Å². The molecule has 0 aromatic heterocycles. The zero-order valence-corrected chi connectivity index (χ0v) is 21.3. The Labute approximate surface area is 211 Å². The molecule has 35 heavy (non-hydrogen) atoms. The molecule has 2 atom stereocenters. The van der Waals surface area contributed by atoms with E-state index in [0.717, 1.165) is 28.9 Å². The van der Waals surface area contributed by atoms with Crippen molar-refractivity contribution in [1.29, 1.82) is 0 Å². The van der Waals surface area contributed by atoms with E-state index < -0.39 is 0 Å². The van der Waals surface area contributed by atoms with Crippen molar-refractivity contribution in [2.75, 3.05) is 12.9 Å². The van der Waals surface area contributed by atoms with Gasteiger partial charge in [0.1, 0.15) is 11.1 Å². The summed E-state index contributed by atoms with van der Waals surface area (Å²) in [6.07, 6.45) is 0.839. The highest BCUT2D eigenvalue weighted by molar-refractivity contribution is 8.00. The van der Waals surface area contributed by atoms with Crippen LogP contribution in [0.15, 0.2) is 78.9 Å². The van der Waals surface area contributed by atoms with Gasteiger partial charge >= 0.3 is 0 Å². The molecule has 0 aliphatic carbocycles. The van der Waals surface area contributed by atoms with Gasteiger partial charge in [-0.05, 0) is 53.3 Å². The maximum absolute atomic E-state index is 13.1. The highest BCUT2D eigenvalue weighted by atomic mass is 32.2. The van der Waals surface area contributed by atoms with Gasteiger partial charge in [-0.25, -0.2) is 0 Å². The van der Waals surface area contributed by atoms with Crippen LogP contribution in [-0.4, -0.2) is 29.6 Å². The molecule has 1 heterocycles. The number of hydrogen-bond acceptors (Lipinski definition) is 4. The van der Waals surface area contributed by atoms with Crippen molar-refractivity contribution in [2.24, 2.45) is 5.92 Å². The molecule has 0 bridgehead atoms. The number of nitrogens with one attached hydrogen (secondary N) is 1. The topological polar surface area (TPSA) is 58.6 Å². The zero-order valence-electron chi connectivity index (χ0n) is 20.4. The van der Waals surface area contributed by atoms with Gasteiger partial charge in [-0.15, -0.1) is 11.8 Å². The van der Waals surface area contributed by atoms with Gasteiger partial charge in [0.25, 0.3) is 5.91 Å². The van der Waals surface area contributed by atoms with Gasteiger partial charge in [-0.1, -0.05) is 68.4 Å². The van der Waals surface area contributed by atoms with Gasteiger partial charge in [-0.3, -0.25) is 9.59 Å². The van der Waals surface area contributed by atoms with E-state index in [4.69, 9.17) is 4.74 Å². The van der Waals surface area contributed by atoms with Crippen molar-refractivity contribution >= 4 is 23.6 Å². The van der Waals surface area contributed by atoms with E-state index in [1.54, 1.807) is 18.9 Å². The van der Waals surface area contributed by atoms with Crippen molar-refractivity contribution < 1.29 is 14.3 Å². The number of ether oxygens (including phenoxy) is 1. The van der Waals surface area contributed by atoms with Gasteiger partial charge in [-0.2, -0.15) is 0 Å². The van der Waals surface area contributed by atoms with Crippen LogP contribution < -0.4 is 10.1 Å².